The molecule has 1 aliphatic carbocycles. The number of anilines is 2. The molecule has 0 saturated heterocycles. The van der Waals surface area contributed by atoms with Crippen LogP contribution < -0.4 is 10.6 Å². The van der Waals surface area contributed by atoms with Gasteiger partial charge in [-0.25, -0.2) is 0 Å². The van der Waals surface area contributed by atoms with E-state index in [-0.39, 0.29) is 21.4 Å². The summed E-state index contributed by atoms with van der Waals surface area (Å²) in [4.78, 5) is 25.7. The first-order valence-electron chi connectivity index (χ1n) is 9.71. The minimum absolute atomic E-state index is 0.103. The molecule has 1 fully saturated rings. The van der Waals surface area contributed by atoms with E-state index in [1.54, 1.807) is 24.3 Å². The van der Waals surface area contributed by atoms with Gasteiger partial charge in [0.1, 0.15) is 10.1 Å². The van der Waals surface area contributed by atoms with E-state index in [4.69, 9.17) is 69.6 Å². The minimum atomic E-state index is -1.35. The molecule has 0 spiro atoms. The first-order chi connectivity index (χ1) is 16.0. The summed E-state index contributed by atoms with van der Waals surface area (Å²) in [7, 11) is 0. The molecular formula is C23H14Cl6N2O3. The van der Waals surface area contributed by atoms with E-state index in [0.29, 0.717) is 27.0 Å². The second-order valence-corrected chi connectivity index (χ2v) is 10.8. The highest BCUT2D eigenvalue weighted by Crippen LogP contribution is 2.65. The summed E-state index contributed by atoms with van der Waals surface area (Å²) in [5.74, 6) is -2.46. The van der Waals surface area contributed by atoms with Crippen LogP contribution in [-0.4, -0.2) is 21.3 Å². The Labute approximate surface area is 224 Å². The molecule has 3 N–H and O–H groups in total. The first-order valence-corrected chi connectivity index (χ1v) is 12.0. The van der Waals surface area contributed by atoms with Crippen LogP contribution in [0.5, 0.6) is 5.75 Å². The zero-order valence-corrected chi connectivity index (χ0v) is 21.4. The number of carbonyl (C=O) groups is 2. The Morgan fingerprint density at radius 1 is 0.794 bits per heavy atom. The number of alkyl halides is 2. The predicted molar refractivity (Wildman–Crippen MR) is 138 cm³/mol. The SMILES string of the molecule is O=C(Nc1ccc(Cl)c(O)c1)c1cc(NC(=O)C2C(c3cc(Cl)cc(Cl)c3)C2(Cl)Cl)ccc1Cl. The predicted octanol–water partition coefficient (Wildman–Crippen LogP) is 7.78. The molecular weight excluding hydrogens is 565 g/mol. The van der Waals surface area contributed by atoms with Crippen molar-refractivity contribution in [1.29, 1.82) is 0 Å². The number of hydrogen-bond acceptors (Lipinski definition) is 3. The maximum atomic E-state index is 13.0. The fourth-order valence-electron chi connectivity index (χ4n) is 3.61. The third-order valence-corrected chi connectivity index (χ3v) is 7.29. The van der Waals surface area contributed by atoms with E-state index in [1.807, 2.05) is 0 Å². The summed E-state index contributed by atoms with van der Waals surface area (Å²) >= 11 is 36.9. The number of halogens is 6. The number of carbonyl (C=O) groups excluding carboxylic acids is 2. The van der Waals surface area contributed by atoms with Crippen molar-refractivity contribution in [1.82, 2.24) is 0 Å². The van der Waals surface area contributed by atoms with Crippen LogP contribution in [0.2, 0.25) is 20.1 Å². The number of phenols is 1. The molecule has 5 nitrogen and oxygen atoms in total. The number of amides is 2. The summed E-state index contributed by atoms with van der Waals surface area (Å²) in [5, 5.41) is 16.2. The lowest BCUT2D eigenvalue weighted by Gasteiger charge is -2.11. The third-order valence-electron chi connectivity index (χ3n) is 5.26. The number of rotatable bonds is 5. The highest BCUT2D eigenvalue weighted by Gasteiger charge is 2.67. The van der Waals surface area contributed by atoms with E-state index >= 15 is 0 Å². The van der Waals surface area contributed by atoms with Gasteiger partial charge in [-0.05, 0) is 54.1 Å². The lowest BCUT2D eigenvalue weighted by atomic mass is 10.1. The molecule has 3 aromatic carbocycles. The average molecular weight is 579 g/mol. The fraction of sp³-hybridized carbons (Fsp3) is 0.130. The van der Waals surface area contributed by atoms with Crippen molar-refractivity contribution >= 4 is 92.8 Å². The molecule has 0 heterocycles. The standard InChI is InChI=1S/C23H14Cl6N2O3/c24-11-5-10(6-12(25)7-11)19-20(23(19,28)29)22(34)31-13-1-3-16(26)15(8-13)21(33)30-14-2-4-17(27)18(32)9-14/h1-9,19-20,32H,(H,30,33)(H,31,34). The largest absolute Gasteiger partial charge is 0.506 e. The van der Waals surface area contributed by atoms with Gasteiger partial charge < -0.3 is 15.7 Å². The molecule has 176 valence electrons. The highest BCUT2D eigenvalue weighted by molar-refractivity contribution is 6.53. The van der Waals surface area contributed by atoms with E-state index in [0.717, 1.165) is 0 Å². The zero-order valence-electron chi connectivity index (χ0n) is 16.9. The number of hydrogen-bond donors (Lipinski definition) is 3. The van der Waals surface area contributed by atoms with Crippen LogP contribution in [0.4, 0.5) is 11.4 Å². The second kappa shape index (κ2) is 9.65. The molecule has 4 rings (SSSR count). The van der Waals surface area contributed by atoms with Gasteiger partial charge in [-0.1, -0.05) is 46.4 Å². The smallest absolute Gasteiger partial charge is 0.257 e. The Balaban J connectivity index is 1.51. The van der Waals surface area contributed by atoms with Crippen molar-refractivity contribution in [3.05, 3.63) is 85.8 Å². The number of nitrogens with one attached hydrogen (secondary N) is 2. The lowest BCUT2D eigenvalue weighted by Crippen LogP contribution is -2.18. The Morgan fingerprint density at radius 3 is 2.00 bits per heavy atom. The van der Waals surface area contributed by atoms with Gasteiger partial charge in [-0.2, -0.15) is 0 Å². The number of aromatic hydroxyl groups is 1. The lowest BCUT2D eigenvalue weighted by molar-refractivity contribution is -0.117. The molecule has 11 heteroatoms. The van der Waals surface area contributed by atoms with Crippen LogP contribution in [0.25, 0.3) is 0 Å². The van der Waals surface area contributed by atoms with Crippen LogP contribution in [0.3, 0.4) is 0 Å². The normalized spacial score (nSPS) is 18.3. The third kappa shape index (κ3) is 5.20. The summed E-state index contributed by atoms with van der Waals surface area (Å²) in [6.07, 6.45) is 0. The maximum Gasteiger partial charge on any atom is 0.257 e. The average Bonchev–Trinajstić information content (AvgIpc) is 3.33. The van der Waals surface area contributed by atoms with Gasteiger partial charge in [0.25, 0.3) is 5.91 Å². The van der Waals surface area contributed by atoms with Crippen molar-refractivity contribution in [2.24, 2.45) is 5.92 Å². The maximum absolute atomic E-state index is 13.0. The molecule has 2 atom stereocenters. The van der Waals surface area contributed by atoms with Crippen molar-refractivity contribution in [2.75, 3.05) is 10.6 Å². The van der Waals surface area contributed by atoms with Gasteiger partial charge in [0.15, 0.2) is 0 Å². The molecule has 2 unspecified atom stereocenters. The summed E-state index contributed by atoms with van der Waals surface area (Å²) in [6, 6.07) is 13.6. The van der Waals surface area contributed by atoms with Gasteiger partial charge >= 0.3 is 0 Å². The van der Waals surface area contributed by atoms with E-state index in [9.17, 15) is 14.7 Å². The topological polar surface area (TPSA) is 78.4 Å². The minimum Gasteiger partial charge on any atom is -0.506 e. The Bertz CT molecular complexity index is 1290. The Morgan fingerprint density at radius 2 is 1.38 bits per heavy atom. The van der Waals surface area contributed by atoms with Gasteiger partial charge in [-0.15, -0.1) is 23.2 Å². The van der Waals surface area contributed by atoms with E-state index in [1.165, 1.54) is 30.3 Å². The Kier molecular flexibility index (Phi) is 7.16. The highest BCUT2D eigenvalue weighted by atomic mass is 35.5. The molecule has 34 heavy (non-hydrogen) atoms. The van der Waals surface area contributed by atoms with Gasteiger partial charge in [0.05, 0.1) is 21.5 Å². The molecule has 0 aliphatic heterocycles. The zero-order chi connectivity index (χ0) is 24.8. The van der Waals surface area contributed by atoms with Gasteiger partial charge in [-0.3, -0.25) is 9.59 Å². The van der Waals surface area contributed by atoms with Gasteiger partial charge in [0.2, 0.25) is 5.91 Å². The van der Waals surface area contributed by atoms with Crippen molar-refractivity contribution in [2.45, 2.75) is 10.3 Å². The van der Waals surface area contributed by atoms with Crippen LogP contribution in [0.1, 0.15) is 21.8 Å². The van der Waals surface area contributed by atoms with Crippen LogP contribution >= 0.6 is 69.6 Å². The van der Waals surface area contributed by atoms with Crippen LogP contribution in [0, 0.1) is 5.92 Å². The molecule has 2 amide bonds. The number of benzene rings is 3. The summed E-state index contributed by atoms with van der Waals surface area (Å²) < 4.78 is -1.35. The van der Waals surface area contributed by atoms with Crippen molar-refractivity contribution in [3.63, 3.8) is 0 Å². The summed E-state index contributed by atoms with van der Waals surface area (Å²) in [5.41, 5.74) is 1.38. The number of phenolic OH excluding ortho intramolecular Hbond substituents is 1. The van der Waals surface area contributed by atoms with Crippen molar-refractivity contribution < 1.29 is 14.7 Å². The molecule has 0 aromatic heterocycles. The Hall–Kier alpha value is -1.86. The molecule has 0 radical (unpaired) electrons. The van der Waals surface area contributed by atoms with Crippen molar-refractivity contribution in [3.8, 4) is 5.75 Å². The molecule has 1 aliphatic rings. The summed E-state index contributed by atoms with van der Waals surface area (Å²) in [6.45, 7) is 0. The monoisotopic (exact) mass is 576 g/mol. The molecule has 1 saturated carbocycles. The molecule has 3 aromatic rings. The fourth-order valence-corrected chi connectivity index (χ4v) is 5.30. The van der Waals surface area contributed by atoms with Gasteiger partial charge in [0, 0.05) is 33.4 Å². The quantitative estimate of drug-likeness (QED) is 0.270. The molecule has 0 bridgehead atoms. The second-order valence-electron chi connectivity index (χ2n) is 7.64. The van der Waals surface area contributed by atoms with Crippen LogP contribution in [-0.2, 0) is 4.79 Å². The van der Waals surface area contributed by atoms with Crippen LogP contribution in [0.15, 0.2) is 54.6 Å². The van der Waals surface area contributed by atoms with E-state index < -0.39 is 28.0 Å². The van der Waals surface area contributed by atoms with E-state index in [2.05, 4.69) is 10.6 Å². The first kappa shape index (κ1) is 25.2.